The highest BCUT2D eigenvalue weighted by molar-refractivity contribution is 6.35. The molecule has 23 heavy (non-hydrogen) atoms. The van der Waals surface area contributed by atoms with Crippen LogP contribution in [0.2, 0.25) is 10.0 Å². The zero-order chi connectivity index (χ0) is 17.0. The smallest absolute Gasteiger partial charge is 0.292 e. The van der Waals surface area contributed by atoms with E-state index in [4.69, 9.17) is 27.9 Å². The van der Waals surface area contributed by atoms with Crippen molar-refractivity contribution in [1.82, 2.24) is 0 Å². The minimum atomic E-state index is -0.427. The molecule has 122 valence electrons. The van der Waals surface area contributed by atoms with E-state index in [0.717, 1.165) is 6.42 Å². The first kappa shape index (κ1) is 17.4. The van der Waals surface area contributed by atoms with Crippen molar-refractivity contribution in [3.8, 4) is 11.5 Å². The average molecular weight is 355 g/mol. The molecule has 1 N–H and O–H groups in total. The summed E-state index contributed by atoms with van der Waals surface area (Å²) >= 11 is 11.9. The van der Waals surface area contributed by atoms with Crippen molar-refractivity contribution in [1.29, 1.82) is 0 Å². The molecule has 0 aliphatic carbocycles. The van der Waals surface area contributed by atoms with Gasteiger partial charge < -0.3 is 10.1 Å². The largest absolute Gasteiger partial charge is 0.456 e. The molecule has 0 heterocycles. The Morgan fingerprint density at radius 3 is 2.61 bits per heavy atom. The van der Waals surface area contributed by atoms with Gasteiger partial charge in [-0.05, 0) is 37.6 Å². The van der Waals surface area contributed by atoms with Crippen molar-refractivity contribution >= 4 is 34.6 Å². The Hall–Kier alpha value is -1.98. The number of anilines is 1. The summed E-state index contributed by atoms with van der Waals surface area (Å²) in [7, 11) is 0. The second kappa shape index (κ2) is 7.53. The molecular weight excluding hydrogens is 339 g/mol. The van der Waals surface area contributed by atoms with Crippen LogP contribution in [0.25, 0.3) is 0 Å². The van der Waals surface area contributed by atoms with Crippen molar-refractivity contribution in [3.63, 3.8) is 0 Å². The molecule has 2 aromatic rings. The highest BCUT2D eigenvalue weighted by Gasteiger charge is 2.16. The maximum absolute atomic E-state index is 11.1. The topological polar surface area (TPSA) is 64.4 Å². The lowest BCUT2D eigenvalue weighted by Gasteiger charge is -2.15. The Balaban J connectivity index is 2.32. The molecule has 7 heteroatoms. The monoisotopic (exact) mass is 354 g/mol. The third-order valence-electron chi connectivity index (χ3n) is 3.30. The lowest BCUT2D eigenvalue weighted by molar-refractivity contribution is -0.384. The molecule has 0 saturated carbocycles. The third kappa shape index (κ3) is 4.50. The molecule has 0 radical (unpaired) electrons. The second-order valence-corrected chi connectivity index (χ2v) is 5.91. The Kier molecular flexibility index (Phi) is 5.69. The van der Waals surface area contributed by atoms with Gasteiger partial charge in [0.15, 0.2) is 0 Å². The maximum Gasteiger partial charge on any atom is 0.292 e. The first-order valence-corrected chi connectivity index (χ1v) is 7.84. The maximum atomic E-state index is 11.1. The summed E-state index contributed by atoms with van der Waals surface area (Å²) in [5.74, 6) is 0.880. The molecule has 0 spiro atoms. The van der Waals surface area contributed by atoms with Crippen LogP contribution in [0.1, 0.15) is 20.3 Å². The summed E-state index contributed by atoms with van der Waals surface area (Å²) in [4.78, 5) is 10.7. The van der Waals surface area contributed by atoms with E-state index in [-0.39, 0.29) is 11.7 Å². The van der Waals surface area contributed by atoms with Gasteiger partial charge in [-0.3, -0.25) is 10.1 Å². The first-order chi connectivity index (χ1) is 10.9. The van der Waals surface area contributed by atoms with Crippen LogP contribution in [0.5, 0.6) is 11.5 Å². The quantitative estimate of drug-likeness (QED) is 0.517. The molecule has 2 rings (SSSR count). The van der Waals surface area contributed by atoms with Gasteiger partial charge in [-0.1, -0.05) is 30.1 Å². The first-order valence-electron chi connectivity index (χ1n) is 7.08. The van der Waals surface area contributed by atoms with Gasteiger partial charge in [-0.2, -0.15) is 0 Å². The molecule has 1 atom stereocenters. The van der Waals surface area contributed by atoms with E-state index < -0.39 is 4.92 Å². The number of hydrogen-bond donors (Lipinski definition) is 1. The molecule has 1 unspecified atom stereocenters. The SMILES string of the molecule is CCC(C)Nc1cc(Oc2ccc(Cl)cc2Cl)ccc1[N+](=O)[O-]. The van der Waals surface area contributed by atoms with Crippen molar-refractivity contribution in [2.75, 3.05) is 5.32 Å². The lowest BCUT2D eigenvalue weighted by atomic mass is 10.2. The average Bonchev–Trinajstić information content (AvgIpc) is 2.50. The number of nitro benzene ring substituents is 1. The van der Waals surface area contributed by atoms with E-state index in [1.54, 1.807) is 24.3 Å². The predicted octanol–water partition coefficient (Wildman–Crippen LogP) is 5.90. The van der Waals surface area contributed by atoms with Crippen LogP contribution < -0.4 is 10.1 Å². The fourth-order valence-electron chi connectivity index (χ4n) is 1.91. The summed E-state index contributed by atoms with van der Waals surface area (Å²) in [6.07, 6.45) is 0.839. The number of ether oxygens (including phenoxy) is 1. The van der Waals surface area contributed by atoms with E-state index in [9.17, 15) is 10.1 Å². The van der Waals surface area contributed by atoms with Crippen LogP contribution in [-0.4, -0.2) is 11.0 Å². The number of nitrogens with one attached hydrogen (secondary N) is 1. The van der Waals surface area contributed by atoms with Crippen LogP contribution in [0.15, 0.2) is 36.4 Å². The summed E-state index contributed by atoms with van der Waals surface area (Å²) in [6.45, 7) is 3.95. The molecule has 5 nitrogen and oxygen atoms in total. The fraction of sp³-hybridized carbons (Fsp3) is 0.250. The van der Waals surface area contributed by atoms with Gasteiger partial charge in [-0.15, -0.1) is 0 Å². The van der Waals surface area contributed by atoms with Crippen molar-refractivity contribution in [2.45, 2.75) is 26.3 Å². The summed E-state index contributed by atoms with van der Waals surface area (Å²) in [5.41, 5.74) is 0.409. The normalized spacial score (nSPS) is 11.8. The molecule has 0 fully saturated rings. The van der Waals surface area contributed by atoms with Crippen molar-refractivity contribution in [2.24, 2.45) is 0 Å². The number of halogens is 2. The molecular formula is C16H16Cl2N2O3. The van der Waals surface area contributed by atoms with Crippen LogP contribution in [0.4, 0.5) is 11.4 Å². The molecule has 0 aliphatic rings. The summed E-state index contributed by atoms with van der Waals surface area (Å²) in [6, 6.07) is 9.51. The van der Waals surface area contributed by atoms with Gasteiger partial charge in [0, 0.05) is 23.2 Å². The van der Waals surface area contributed by atoms with E-state index in [2.05, 4.69) is 5.32 Å². The van der Waals surface area contributed by atoms with Gasteiger partial charge >= 0.3 is 0 Å². The highest BCUT2D eigenvalue weighted by Crippen LogP contribution is 2.35. The molecule has 0 aromatic heterocycles. The molecule has 0 amide bonds. The Labute approximate surface area is 144 Å². The summed E-state index contributed by atoms with van der Waals surface area (Å²) in [5, 5.41) is 15.1. The zero-order valence-electron chi connectivity index (χ0n) is 12.7. The Morgan fingerprint density at radius 2 is 2.00 bits per heavy atom. The zero-order valence-corrected chi connectivity index (χ0v) is 14.2. The standard InChI is InChI=1S/C16H16Cl2N2O3/c1-3-10(2)19-14-9-12(5-6-15(14)20(21)22)23-16-7-4-11(17)8-13(16)18/h4-10,19H,3H2,1-2H3. The minimum absolute atomic E-state index is 0.000136. The number of hydrogen-bond acceptors (Lipinski definition) is 4. The lowest BCUT2D eigenvalue weighted by Crippen LogP contribution is -2.14. The van der Waals surface area contributed by atoms with E-state index in [1.807, 2.05) is 13.8 Å². The molecule has 0 bridgehead atoms. The minimum Gasteiger partial charge on any atom is -0.456 e. The van der Waals surface area contributed by atoms with Crippen LogP contribution in [0, 0.1) is 10.1 Å². The third-order valence-corrected chi connectivity index (χ3v) is 3.83. The fourth-order valence-corrected chi connectivity index (χ4v) is 2.35. The van der Waals surface area contributed by atoms with E-state index in [1.165, 1.54) is 12.1 Å². The molecule has 2 aromatic carbocycles. The van der Waals surface area contributed by atoms with Crippen LogP contribution in [-0.2, 0) is 0 Å². The summed E-state index contributed by atoms with van der Waals surface area (Å²) < 4.78 is 5.70. The predicted molar refractivity (Wildman–Crippen MR) is 93.0 cm³/mol. The van der Waals surface area contributed by atoms with Gasteiger partial charge in [-0.25, -0.2) is 0 Å². The van der Waals surface area contributed by atoms with Crippen LogP contribution in [0.3, 0.4) is 0 Å². The number of rotatable bonds is 6. The number of benzene rings is 2. The van der Waals surface area contributed by atoms with Crippen molar-refractivity contribution in [3.05, 3.63) is 56.6 Å². The second-order valence-electron chi connectivity index (χ2n) is 5.07. The highest BCUT2D eigenvalue weighted by atomic mass is 35.5. The van der Waals surface area contributed by atoms with E-state index >= 15 is 0 Å². The number of nitro groups is 1. The Bertz CT molecular complexity index is 722. The van der Waals surface area contributed by atoms with E-state index in [0.29, 0.717) is 27.2 Å². The molecule has 0 saturated heterocycles. The van der Waals surface area contributed by atoms with Crippen LogP contribution >= 0.6 is 23.2 Å². The van der Waals surface area contributed by atoms with Gasteiger partial charge in [0.25, 0.3) is 5.69 Å². The van der Waals surface area contributed by atoms with Gasteiger partial charge in [0.1, 0.15) is 17.2 Å². The van der Waals surface area contributed by atoms with Crippen molar-refractivity contribution < 1.29 is 9.66 Å². The number of nitrogens with zero attached hydrogens (tertiary/aromatic N) is 1. The molecule has 0 aliphatic heterocycles. The van der Waals surface area contributed by atoms with Gasteiger partial charge in [0.05, 0.1) is 9.95 Å². The van der Waals surface area contributed by atoms with Gasteiger partial charge in [0.2, 0.25) is 0 Å². The Morgan fingerprint density at radius 1 is 1.26 bits per heavy atom.